The first kappa shape index (κ1) is 19.1. The summed E-state index contributed by atoms with van der Waals surface area (Å²) in [6.45, 7) is 8.78. The first-order valence-corrected chi connectivity index (χ1v) is 9.71. The predicted octanol–water partition coefficient (Wildman–Crippen LogP) is 1.67. The van der Waals surface area contributed by atoms with Gasteiger partial charge in [-0.1, -0.05) is 19.1 Å². The van der Waals surface area contributed by atoms with Crippen LogP contribution in [0.1, 0.15) is 31.4 Å². The second-order valence-electron chi connectivity index (χ2n) is 7.01. The average molecular weight is 361 g/mol. The number of nitrogens with one attached hydrogen (secondary N) is 1. The summed E-state index contributed by atoms with van der Waals surface area (Å²) >= 11 is 0. The van der Waals surface area contributed by atoms with Crippen LogP contribution < -0.4 is 10.1 Å². The molecule has 0 aliphatic carbocycles. The molecule has 6 nitrogen and oxygen atoms in total. The van der Waals surface area contributed by atoms with Gasteiger partial charge in [0.15, 0.2) is 0 Å². The first-order valence-electron chi connectivity index (χ1n) is 9.71. The number of methoxy groups -OCH3 is 1. The molecular weight excluding hydrogens is 330 g/mol. The molecule has 0 spiro atoms. The van der Waals surface area contributed by atoms with Crippen LogP contribution in [0.25, 0.3) is 0 Å². The highest BCUT2D eigenvalue weighted by Gasteiger charge is 2.28. The molecule has 1 amide bonds. The molecule has 0 saturated carbocycles. The Morgan fingerprint density at radius 2 is 2.00 bits per heavy atom. The van der Waals surface area contributed by atoms with Crippen molar-refractivity contribution < 1.29 is 14.3 Å². The normalized spacial score (nSPS) is 22.9. The van der Waals surface area contributed by atoms with Gasteiger partial charge in [0.1, 0.15) is 11.9 Å². The Bertz CT molecular complexity index is 564. The van der Waals surface area contributed by atoms with Gasteiger partial charge in [-0.15, -0.1) is 0 Å². The van der Waals surface area contributed by atoms with Crippen molar-refractivity contribution in [3.8, 4) is 5.75 Å². The van der Waals surface area contributed by atoms with E-state index in [1.54, 1.807) is 7.11 Å². The van der Waals surface area contributed by atoms with Gasteiger partial charge >= 0.3 is 0 Å². The van der Waals surface area contributed by atoms with Gasteiger partial charge in [0.25, 0.3) is 0 Å². The number of benzene rings is 1. The fourth-order valence-corrected chi connectivity index (χ4v) is 3.77. The lowest BCUT2D eigenvalue weighted by Crippen LogP contribution is -2.50. The zero-order valence-corrected chi connectivity index (χ0v) is 15.9. The van der Waals surface area contributed by atoms with Crippen LogP contribution in [0.5, 0.6) is 5.75 Å². The number of amides is 1. The summed E-state index contributed by atoms with van der Waals surface area (Å²) < 4.78 is 10.8. The molecule has 2 aliphatic rings. The molecule has 144 valence electrons. The van der Waals surface area contributed by atoms with E-state index < -0.39 is 0 Å². The molecule has 1 aromatic rings. The molecule has 0 aromatic heterocycles. The van der Waals surface area contributed by atoms with E-state index >= 15 is 0 Å². The monoisotopic (exact) mass is 361 g/mol. The van der Waals surface area contributed by atoms with Gasteiger partial charge in [-0.3, -0.25) is 9.69 Å². The lowest BCUT2D eigenvalue weighted by atomic mass is 10.0. The summed E-state index contributed by atoms with van der Waals surface area (Å²) in [5.41, 5.74) is 1.21. The lowest BCUT2D eigenvalue weighted by molar-refractivity contribution is -0.130. The number of ether oxygens (including phenoxy) is 2. The number of rotatable bonds is 7. The van der Waals surface area contributed by atoms with Crippen LogP contribution in [-0.4, -0.2) is 74.8 Å². The summed E-state index contributed by atoms with van der Waals surface area (Å²) in [6.07, 6.45) is 1.52. The summed E-state index contributed by atoms with van der Waals surface area (Å²) in [5, 5.41) is 3.12. The maximum atomic E-state index is 12.4. The molecule has 2 fully saturated rings. The molecule has 2 heterocycles. The van der Waals surface area contributed by atoms with E-state index in [4.69, 9.17) is 9.47 Å². The third kappa shape index (κ3) is 4.75. The highest BCUT2D eigenvalue weighted by molar-refractivity contribution is 5.81. The van der Waals surface area contributed by atoms with Crippen molar-refractivity contribution in [2.75, 3.05) is 53.0 Å². The zero-order chi connectivity index (χ0) is 18.4. The minimum Gasteiger partial charge on any atom is -0.497 e. The fraction of sp³-hybridized carbons (Fsp3) is 0.650. The Hall–Kier alpha value is -1.63. The van der Waals surface area contributed by atoms with Crippen molar-refractivity contribution in [3.05, 3.63) is 29.8 Å². The van der Waals surface area contributed by atoms with Crippen LogP contribution in [-0.2, 0) is 9.53 Å². The maximum Gasteiger partial charge on any atom is 0.249 e. The summed E-state index contributed by atoms with van der Waals surface area (Å²) in [5.74, 6) is 0.875. The van der Waals surface area contributed by atoms with Crippen molar-refractivity contribution in [2.45, 2.75) is 31.9 Å². The zero-order valence-electron chi connectivity index (χ0n) is 15.9. The van der Waals surface area contributed by atoms with Gasteiger partial charge in [0.2, 0.25) is 5.91 Å². The van der Waals surface area contributed by atoms with E-state index in [0.29, 0.717) is 13.2 Å². The summed E-state index contributed by atoms with van der Waals surface area (Å²) in [6, 6.07) is 8.37. The molecule has 2 aliphatic heterocycles. The van der Waals surface area contributed by atoms with Gasteiger partial charge in [-0.25, -0.2) is 0 Å². The van der Waals surface area contributed by atoms with Crippen molar-refractivity contribution in [2.24, 2.45) is 0 Å². The standard InChI is InChI=1S/C20H31N3O3/c1-3-22-10-12-23(13-11-22)18(16-6-8-17(25-2)9-7-16)15-21-20(24)19-5-4-14-26-19/h6-9,18-19H,3-5,10-15H2,1-2H3,(H,21,24). The molecule has 3 rings (SSSR count). The molecule has 1 aromatic carbocycles. The predicted molar refractivity (Wildman–Crippen MR) is 101 cm³/mol. The van der Waals surface area contributed by atoms with Crippen molar-refractivity contribution in [1.82, 2.24) is 15.1 Å². The smallest absolute Gasteiger partial charge is 0.249 e. The number of likely N-dealkylation sites (N-methyl/N-ethyl adjacent to an activating group) is 1. The minimum atomic E-state index is -0.275. The van der Waals surface area contributed by atoms with E-state index in [0.717, 1.165) is 51.3 Å². The van der Waals surface area contributed by atoms with E-state index in [-0.39, 0.29) is 18.1 Å². The number of piperazine rings is 1. The van der Waals surface area contributed by atoms with Crippen LogP contribution in [0, 0.1) is 0 Å². The fourth-order valence-electron chi connectivity index (χ4n) is 3.77. The van der Waals surface area contributed by atoms with Gasteiger partial charge in [-0.05, 0) is 37.1 Å². The SMILES string of the molecule is CCN1CCN(C(CNC(=O)C2CCCO2)c2ccc(OC)cc2)CC1. The van der Waals surface area contributed by atoms with Gasteiger partial charge in [-0.2, -0.15) is 0 Å². The molecule has 2 saturated heterocycles. The van der Waals surface area contributed by atoms with E-state index in [1.165, 1.54) is 5.56 Å². The molecular formula is C20H31N3O3. The Kier molecular flexibility index (Phi) is 6.88. The molecule has 0 radical (unpaired) electrons. The second-order valence-corrected chi connectivity index (χ2v) is 7.01. The van der Waals surface area contributed by atoms with E-state index in [2.05, 4.69) is 34.2 Å². The van der Waals surface area contributed by atoms with Crippen molar-refractivity contribution in [1.29, 1.82) is 0 Å². The summed E-state index contributed by atoms with van der Waals surface area (Å²) in [7, 11) is 1.68. The lowest BCUT2D eigenvalue weighted by Gasteiger charge is -2.39. The third-order valence-corrected chi connectivity index (χ3v) is 5.49. The number of hydrogen-bond donors (Lipinski definition) is 1. The third-order valence-electron chi connectivity index (χ3n) is 5.49. The Morgan fingerprint density at radius 1 is 1.27 bits per heavy atom. The van der Waals surface area contributed by atoms with E-state index in [9.17, 15) is 4.79 Å². The molecule has 2 atom stereocenters. The second kappa shape index (κ2) is 9.35. The topological polar surface area (TPSA) is 54.0 Å². The van der Waals surface area contributed by atoms with Crippen LogP contribution in [0.4, 0.5) is 0 Å². The summed E-state index contributed by atoms with van der Waals surface area (Å²) in [4.78, 5) is 17.3. The number of carbonyl (C=O) groups excluding carboxylic acids is 1. The van der Waals surface area contributed by atoms with Crippen LogP contribution >= 0.6 is 0 Å². The minimum absolute atomic E-state index is 0.0215. The molecule has 1 N–H and O–H groups in total. The van der Waals surface area contributed by atoms with Gasteiger partial charge in [0.05, 0.1) is 13.2 Å². The van der Waals surface area contributed by atoms with Crippen LogP contribution in [0.3, 0.4) is 0 Å². The van der Waals surface area contributed by atoms with Crippen LogP contribution in [0.2, 0.25) is 0 Å². The maximum absolute atomic E-state index is 12.4. The average Bonchev–Trinajstić information content (AvgIpc) is 3.24. The van der Waals surface area contributed by atoms with Crippen molar-refractivity contribution in [3.63, 3.8) is 0 Å². The Labute approximate surface area is 156 Å². The highest BCUT2D eigenvalue weighted by Crippen LogP contribution is 2.24. The van der Waals surface area contributed by atoms with Crippen molar-refractivity contribution >= 4 is 5.91 Å². The number of nitrogens with zero attached hydrogens (tertiary/aromatic N) is 2. The van der Waals surface area contributed by atoms with Crippen LogP contribution in [0.15, 0.2) is 24.3 Å². The van der Waals surface area contributed by atoms with Gasteiger partial charge < -0.3 is 19.7 Å². The first-order chi connectivity index (χ1) is 12.7. The number of carbonyl (C=O) groups is 1. The highest BCUT2D eigenvalue weighted by atomic mass is 16.5. The molecule has 6 heteroatoms. The van der Waals surface area contributed by atoms with Gasteiger partial charge in [0, 0.05) is 39.3 Å². The largest absolute Gasteiger partial charge is 0.497 e. The number of hydrogen-bond acceptors (Lipinski definition) is 5. The Morgan fingerprint density at radius 3 is 2.58 bits per heavy atom. The molecule has 26 heavy (non-hydrogen) atoms. The molecule has 0 bridgehead atoms. The molecule has 2 unspecified atom stereocenters. The quantitative estimate of drug-likeness (QED) is 0.801. The Balaban J connectivity index is 1.67. The van der Waals surface area contributed by atoms with E-state index in [1.807, 2.05) is 12.1 Å².